The molecular weight excluding hydrogens is 404 g/mol. The van der Waals surface area contributed by atoms with Gasteiger partial charge in [-0.15, -0.1) is 0 Å². The Bertz CT molecular complexity index is 1310. The van der Waals surface area contributed by atoms with E-state index < -0.39 is 34.9 Å². The number of hydrogen-bond donors (Lipinski definition) is 5. The van der Waals surface area contributed by atoms with E-state index in [1.165, 1.54) is 25.1 Å². The van der Waals surface area contributed by atoms with Crippen LogP contribution in [0.4, 0.5) is 0 Å². The first kappa shape index (κ1) is 20.4. The van der Waals surface area contributed by atoms with Crippen molar-refractivity contribution in [3.63, 3.8) is 0 Å². The van der Waals surface area contributed by atoms with Crippen molar-refractivity contribution < 1.29 is 39.9 Å². The van der Waals surface area contributed by atoms with E-state index in [0.29, 0.717) is 0 Å². The van der Waals surface area contributed by atoms with Crippen LogP contribution in [0.25, 0.3) is 10.8 Å². The molecule has 8 nitrogen and oxygen atoms in total. The molecule has 0 fully saturated rings. The van der Waals surface area contributed by atoms with Crippen molar-refractivity contribution in [1.29, 1.82) is 0 Å². The lowest BCUT2D eigenvalue weighted by atomic mass is 9.80. The highest BCUT2D eigenvalue weighted by Gasteiger charge is 2.36. The van der Waals surface area contributed by atoms with Crippen LogP contribution in [0.1, 0.15) is 50.8 Å². The van der Waals surface area contributed by atoms with Crippen molar-refractivity contribution in [2.24, 2.45) is 0 Å². The third-order valence-electron chi connectivity index (χ3n) is 5.30. The lowest BCUT2D eigenvalue weighted by Crippen LogP contribution is -2.21. The number of aliphatic hydroxyl groups is 1. The zero-order valence-corrected chi connectivity index (χ0v) is 16.3. The zero-order chi connectivity index (χ0) is 22.6. The van der Waals surface area contributed by atoms with Crippen LogP contribution < -0.4 is 0 Å². The van der Waals surface area contributed by atoms with Gasteiger partial charge in [0.05, 0.1) is 17.2 Å². The molecule has 0 aromatic heterocycles. The number of aromatic hydroxyl groups is 4. The van der Waals surface area contributed by atoms with Gasteiger partial charge in [0, 0.05) is 29.0 Å². The lowest BCUT2D eigenvalue weighted by Gasteiger charge is -2.22. The number of Topliss-reactive ketones (excluding diaryl/α,β-unsaturated/α-hetero) is 1. The highest BCUT2D eigenvalue weighted by atomic mass is 16.3. The van der Waals surface area contributed by atoms with E-state index in [0.717, 1.165) is 12.1 Å². The number of carbonyl (C=O) groups excluding carboxylic acids is 3. The Morgan fingerprint density at radius 3 is 2.19 bits per heavy atom. The van der Waals surface area contributed by atoms with Gasteiger partial charge in [0.15, 0.2) is 5.78 Å². The minimum absolute atomic E-state index is 0.0886. The summed E-state index contributed by atoms with van der Waals surface area (Å²) in [7, 11) is 0. The van der Waals surface area contributed by atoms with E-state index in [-0.39, 0.29) is 63.0 Å². The monoisotopic (exact) mass is 422 g/mol. The van der Waals surface area contributed by atoms with Gasteiger partial charge in [0.1, 0.15) is 28.8 Å². The maximum absolute atomic E-state index is 13.1. The Hall–Kier alpha value is -3.91. The fourth-order valence-corrected chi connectivity index (χ4v) is 4.12. The molecule has 3 aromatic carbocycles. The first-order valence-corrected chi connectivity index (χ1v) is 9.43. The van der Waals surface area contributed by atoms with Gasteiger partial charge >= 0.3 is 0 Å². The standard InChI is InChI=1S/C23H18O8/c1-9(24)2-12(25)3-10-4-13(26)5-11-6-15-20(22(30)18(10)11)23(31)19-16(21(15)29)7-14(27)8-17(19)28/h4-8,12,25-28,30H,2-3H2,1H3. The van der Waals surface area contributed by atoms with Crippen molar-refractivity contribution in [2.45, 2.75) is 25.9 Å². The number of ketones is 3. The van der Waals surface area contributed by atoms with E-state index in [2.05, 4.69) is 0 Å². The maximum atomic E-state index is 13.1. The molecule has 0 saturated heterocycles. The molecule has 0 saturated carbocycles. The van der Waals surface area contributed by atoms with Crippen molar-refractivity contribution in [3.05, 3.63) is 58.1 Å². The van der Waals surface area contributed by atoms with Crippen LogP contribution in [-0.2, 0) is 11.2 Å². The molecule has 4 rings (SSSR count). The van der Waals surface area contributed by atoms with Crippen LogP contribution in [0.5, 0.6) is 23.0 Å². The summed E-state index contributed by atoms with van der Waals surface area (Å²) in [5.74, 6) is -3.45. The molecule has 0 bridgehead atoms. The van der Waals surface area contributed by atoms with Gasteiger partial charge in [0.2, 0.25) is 5.78 Å². The second kappa shape index (κ2) is 7.10. The molecule has 0 amide bonds. The molecule has 0 aliphatic heterocycles. The molecule has 8 heteroatoms. The third kappa shape index (κ3) is 3.27. The van der Waals surface area contributed by atoms with Gasteiger partial charge in [-0.1, -0.05) is 0 Å². The molecule has 0 spiro atoms. The molecule has 1 atom stereocenters. The molecule has 0 radical (unpaired) electrons. The van der Waals surface area contributed by atoms with Crippen LogP contribution >= 0.6 is 0 Å². The third-order valence-corrected chi connectivity index (χ3v) is 5.30. The van der Waals surface area contributed by atoms with Gasteiger partial charge < -0.3 is 25.5 Å². The predicted molar refractivity (Wildman–Crippen MR) is 109 cm³/mol. The van der Waals surface area contributed by atoms with Gasteiger partial charge in [-0.25, -0.2) is 0 Å². The van der Waals surface area contributed by atoms with Crippen molar-refractivity contribution in [2.75, 3.05) is 0 Å². The number of rotatable bonds is 4. The Morgan fingerprint density at radius 1 is 0.871 bits per heavy atom. The number of carbonyl (C=O) groups is 3. The highest BCUT2D eigenvalue weighted by molar-refractivity contribution is 6.32. The number of benzene rings is 3. The van der Waals surface area contributed by atoms with E-state index >= 15 is 0 Å². The van der Waals surface area contributed by atoms with Gasteiger partial charge in [-0.2, -0.15) is 0 Å². The fraction of sp³-hybridized carbons (Fsp3) is 0.174. The summed E-state index contributed by atoms with van der Waals surface area (Å²) in [6, 6.07) is 5.91. The van der Waals surface area contributed by atoms with Crippen LogP contribution in [0, 0.1) is 0 Å². The van der Waals surface area contributed by atoms with Crippen LogP contribution in [0.2, 0.25) is 0 Å². The summed E-state index contributed by atoms with van der Waals surface area (Å²) in [5, 5.41) is 51.5. The first-order valence-electron chi connectivity index (χ1n) is 9.43. The molecule has 1 aliphatic carbocycles. The molecule has 1 unspecified atom stereocenters. The molecule has 1 aliphatic rings. The smallest absolute Gasteiger partial charge is 0.201 e. The SMILES string of the molecule is CC(=O)CC(O)Cc1cc(O)cc2cc3c(c(O)c12)C(=O)c1c(O)cc(O)cc1C3=O. The molecule has 0 heterocycles. The minimum atomic E-state index is -1.08. The highest BCUT2D eigenvalue weighted by Crippen LogP contribution is 2.43. The van der Waals surface area contributed by atoms with Crippen molar-refractivity contribution >= 4 is 28.1 Å². The lowest BCUT2D eigenvalue weighted by molar-refractivity contribution is -0.118. The summed E-state index contributed by atoms with van der Waals surface area (Å²) in [6.07, 6.45) is -1.30. The number of hydrogen-bond acceptors (Lipinski definition) is 8. The normalized spacial score (nSPS) is 13.7. The molecule has 31 heavy (non-hydrogen) atoms. The largest absolute Gasteiger partial charge is 0.508 e. The summed E-state index contributed by atoms with van der Waals surface area (Å²) in [4.78, 5) is 37.4. The van der Waals surface area contributed by atoms with Gasteiger partial charge in [-0.05, 0) is 48.6 Å². The number of phenols is 4. The second-order valence-corrected chi connectivity index (χ2v) is 7.66. The Morgan fingerprint density at radius 2 is 1.52 bits per heavy atom. The average molecular weight is 422 g/mol. The fourth-order valence-electron chi connectivity index (χ4n) is 4.12. The van der Waals surface area contributed by atoms with Crippen LogP contribution in [-0.4, -0.2) is 49.0 Å². The van der Waals surface area contributed by atoms with E-state index in [1.807, 2.05) is 0 Å². The first-order chi connectivity index (χ1) is 14.6. The Balaban J connectivity index is 1.97. The second-order valence-electron chi connectivity index (χ2n) is 7.66. The minimum Gasteiger partial charge on any atom is -0.508 e. The van der Waals surface area contributed by atoms with Crippen molar-refractivity contribution in [3.8, 4) is 23.0 Å². The Labute approximate surface area is 175 Å². The van der Waals surface area contributed by atoms with E-state index in [9.17, 15) is 39.9 Å². The Kier molecular flexibility index (Phi) is 4.67. The van der Waals surface area contributed by atoms with Gasteiger partial charge in [-0.3, -0.25) is 14.4 Å². The molecular formula is C23H18O8. The quantitative estimate of drug-likeness (QED) is 0.336. The van der Waals surface area contributed by atoms with E-state index in [1.54, 1.807) is 0 Å². The van der Waals surface area contributed by atoms with Crippen LogP contribution in [0.3, 0.4) is 0 Å². The predicted octanol–water partition coefficient (Wildman–Crippen LogP) is 2.32. The average Bonchev–Trinajstić information content (AvgIpc) is 2.63. The topological polar surface area (TPSA) is 152 Å². The zero-order valence-electron chi connectivity index (χ0n) is 16.3. The summed E-state index contributed by atoms with van der Waals surface area (Å²) in [5.41, 5.74) is -0.717. The molecule has 5 N–H and O–H groups in total. The van der Waals surface area contributed by atoms with Crippen molar-refractivity contribution in [1.82, 2.24) is 0 Å². The summed E-state index contributed by atoms with van der Waals surface area (Å²) < 4.78 is 0. The molecule has 3 aromatic rings. The molecule has 158 valence electrons. The number of aliphatic hydroxyl groups excluding tert-OH is 1. The number of fused-ring (bicyclic) bond motifs is 3. The van der Waals surface area contributed by atoms with Crippen LogP contribution in [0.15, 0.2) is 30.3 Å². The van der Waals surface area contributed by atoms with Gasteiger partial charge in [0.25, 0.3) is 0 Å². The maximum Gasteiger partial charge on any atom is 0.201 e. The summed E-state index contributed by atoms with van der Waals surface area (Å²) in [6.45, 7) is 1.32. The summed E-state index contributed by atoms with van der Waals surface area (Å²) >= 11 is 0. The number of phenolic OH excluding ortho intramolecular Hbond substituents is 4. The van der Waals surface area contributed by atoms with E-state index in [4.69, 9.17) is 0 Å².